The molecular weight excluding hydrogens is 284 g/mol. The van der Waals surface area contributed by atoms with Crippen molar-refractivity contribution < 1.29 is 0 Å². The third kappa shape index (κ3) is 2.84. The average Bonchev–Trinajstić information content (AvgIpc) is 3.28. The lowest BCUT2D eigenvalue weighted by atomic mass is 9.93. The molecule has 0 saturated heterocycles. The minimum absolute atomic E-state index is 0.537. The number of hydrogen-bond donors (Lipinski definition) is 0. The van der Waals surface area contributed by atoms with Gasteiger partial charge in [0.2, 0.25) is 0 Å². The summed E-state index contributed by atoms with van der Waals surface area (Å²) in [6.45, 7) is 0.837. The molecule has 0 radical (unpaired) electrons. The van der Waals surface area contributed by atoms with Crippen molar-refractivity contribution in [2.75, 3.05) is 0 Å². The Hall–Kier alpha value is -2.62. The molecule has 0 aliphatic heterocycles. The van der Waals surface area contributed by atoms with Crippen molar-refractivity contribution in [1.29, 1.82) is 0 Å². The summed E-state index contributed by atoms with van der Waals surface area (Å²) >= 11 is 0. The summed E-state index contributed by atoms with van der Waals surface area (Å²) in [5.41, 5.74) is 2.45. The van der Waals surface area contributed by atoms with Crippen LogP contribution in [0.2, 0.25) is 0 Å². The summed E-state index contributed by atoms with van der Waals surface area (Å²) in [7, 11) is 0. The zero-order valence-corrected chi connectivity index (χ0v) is 13.0. The Labute approximate surface area is 136 Å². The number of aromatic nitrogens is 4. The lowest BCUT2D eigenvalue weighted by molar-refractivity contribution is 0.550. The van der Waals surface area contributed by atoms with Gasteiger partial charge in [-0.15, -0.1) is 0 Å². The first kappa shape index (κ1) is 14.0. The number of para-hydroxylation sites is 1. The van der Waals surface area contributed by atoms with Gasteiger partial charge in [-0.05, 0) is 30.9 Å². The normalized spacial score (nSPS) is 17.5. The van der Waals surface area contributed by atoms with Gasteiger partial charge in [0.05, 0.1) is 18.6 Å². The molecule has 2 heterocycles. The topological polar surface area (TPSA) is 35.6 Å². The third-order valence-corrected chi connectivity index (χ3v) is 4.50. The van der Waals surface area contributed by atoms with E-state index in [-0.39, 0.29) is 0 Å². The molecule has 0 N–H and O–H groups in total. The molecule has 116 valence electrons. The first-order valence-corrected chi connectivity index (χ1v) is 8.14. The lowest BCUT2D eigenvalue weighted by Crippen LogP contribution is -2.12. The van der Waals surface area contributed by atoms with E-state index in [9.17, 15) is 0 Å². The SMILES string of the molecule is C1=CC[C@@H](c2nccn2Cc2ccccc2-n2ccnc2)CC1. The first-order chi connectivity index (χ1) is 11.4. The lowest BCUT2D eigenvalue weighted by Gasteiger charge is -2.20. The number of allylic oxidation sites excluding steroid dienone is 2. The van der Waals surface area contributed by atoms with Gasteiger partial charge in [0.1, 0.15) is 5.82 Å². The number of imidazole rings is 2. The van der Waals surface area contributed by atoms with Crippen LogP contribution in [0.5, 0.6) is 0 Å². The standard InChI is InChI=1S/C19H20N4/c1-2-6-16(7-3-1)19-21-11-13-22(19)14-17-8-4-5-9-18(17)23-12-10-20-15-23/h1-2,4-5,8-13,15-16H,3,6-7,14H2/t16-/m1/s1. The Bertz CT molecular complexity index is 798. The van der Waals surface area contributed by atoms with E-state index in [0.29, 0.717) is 5.92 Å². The molecule has 0 amide bonds. The van der Waals surface area contributed by atoms with Crippen molar-refractivity contribution in [3.8, 4) is 5.69 Å². The first-order valence-electron chi connectivity index (χ1n) is 8.14. The Morgan fingerprint density at radius 1 is 1.09 bits per heavy atom. The largest absolute Gasteiger partial charge is 0.330 e. The van der Waals surface area contributed by atoms with Gasteiger partial charge in [-0.25, -0.2) is 9.97 Å². The van der Waals surface area contributed by atoms with Crippen molar-refractivity contribution in [2.45, 2.75) is 31.7 Å². The number of benzene rings is 1. The van der Waals surface area contributed by atoms with E-state index in [1.54, 1.807) is 0 Å². The molecule has 1 aliphatic carbocycles. The van der Waals surface area contributed by atoms with E-state index in [4.69, 9.17) is 0 Å². The van der Waals surface area contributed by atoms with Gasteiger partial charge in [0.25, 0.3) is 0 Å². The molecular formula is C19H20N4. The minimum atomic E-state index is 0.537. The molecule has 4 rings (SSSR count). The average molecular weight is 304 g/mol. The number of hydrogen-bond acceptors (Lipinski definition) is 2. The molecule has 4 nitrogen and oxygen atoms in total. The van der Waals surface area contributed by atoms with Crippen LogP contribution >= 0.6 is 0 Å². The summed E-state index contributed by atoms with van der Waals surface area (Å²) in [6, 6.07) is 8.48. The zero-order valence-electron chi connectivity index (χ0n) is 13.0. The van der Waals surface area contributed by atoms with Crippen molar-refractivity contribution in [2.24, 2.45) is 0 Å². The van der Waals surface area contributed by atoms with Crippen LogP contribution in [0.15, 0.2) is 67.5 Å². The predicted octanol–water partition coefficient (Wildman–Crippen LogP) is 3.94. The Morgan fingerprint density at radius 3 is 2.87 bits per heavy atom. The van der Waals surface area contributed by atoms with E-state index in [1.807, 2.05) is 24.9 Å². The highest BCUT2D eigenvalue weighted by atomic mass is 15.1. The zero-order chi connectivity index (χ0) is 15.5. The molecule has 2 aromatic heterocycles. The van der Waals surface area contributed by atoms with Crippen LogP contribution in [0.1, 0.15) is 36.6 Å². The molecule has 1 atom stereocenters. The fourth-order valence-electron chi connectivity index (χ4n) is 3.32. The summed E-state index contributed by atoms with van der Waals surface area (Å²) in [5.74, 6) is 1.74. The second-order valence-electron chi connectivity index (χ2n) is 5.99. The molecule has 0 unspecified atom stereocenters. The fourth-order valence-corrected chi connectivity index (χ4v) is 3.32. The Morgan fingerprint density at radius 2 is 2.04 bits per heavy atom. The van der Waals surface area contributed by atoms with Crippen LogP contribution in [-0.4, -0.2) is 19.1 Å². The smallest absolute Gasteiger partial charge is 0.112 e. The van der Waals surface area contributed by atoms with Gasteiger partial charge >= 0.3 is 0 Å². The Balaban J connectivity index is 1.65. The van der Waals surface area contributed by atoms with E-state index in [2.05, 4.69) is 61.7 Å². The highest BCUT2D eigenvalue weighted by Gasteiger charge is 2.18. The van der Waals surface area contributed by atoms with Gasteiger partial charge in [-0.2, -0.15) is 0 Å². The summed E-state index contributed by atoms with van der Waals surface area (Å²) in [5, 5.41) is 0. The Kier molecular flexibility index (Phi) is 3.80. The monoisotopic (exact) mass is 304 g/mol. The van der Waals surface area contributed by atoms with Crippen LogP contribution in [0.25, 0.3) is 5.69 Å². The van der Waals surface area contributed by atoms with Crippen LogP contribution in [0.4, 0.5) is 0 Å². The van der Waals surface area contributed by atoms with Crippen LogP contribution in [-0.2, 0) is 6.54 Å². The van der Waals surface area contributed by atoms with Crippen LogP contribution in [0, 0.1) is 0 Å². The molecule has 0 fully saturated rings. The second-order valence-corrected chi connectivity index (χ2v) is 5.99. The van der Waals surface area contributed by atoms with E-state index in [1.165, 1.54) is 23.5 Å². The van der Waals surface area contributed by atoms with Gasteiger partial charge < -0.3 is 9.13 Å². The van der Waals surface area contributed by atoms with Crippen molar-refractivity contribution in [1.82, 2.24) is 19.1 Å². The van der Waals surface area contributed by atoms with Gasteiger partial charge in [-0.3, -0.25) is 0 Å². The van der Waals surface area contributed by atoms with Gasteiger partial charge in [-0.1, -0.05) is 30.4 Å². The van der Waals surface area contributed by atoms with Crippen LogP contribution in [0.3, 0.4) is 0 Å². The maximum Gasteiger partial charge on any atom is 0.112 e. The van der Waals surface area contributed by atoms with E-state index >= 15 is 0 Å². The molecule has 0 spiro atoms. The van der Waals surface area contributed by atoms with E-state index < -0.39 is 0 Å². The minimum Gasteiger partial charge on any atom is -0.330 e. The summed E-state index contributed by atoms with van der Waals surface area (Å²) < 4.78 is 4.36. The number of nitrogens with zero attached hydrogens (tertiary/aromatic N) is 4. The maximum atomic E-state index is 4.64. The van der Waals surface area contributed by atoms with Crippen molar-refractivity contribution in [3.63, 3.8) is 0 Å². The van der Waals surface area contributed by atoms with E-state index in [0.717, 1.165) is 19.4 Å². The molecule has 23 heavy (non-hydrogen) atoms. The molecule has 4 heteroatoms. The molecule has 1 aromatic carbocycles. The molecule has 1 aliphatic rings. The summed E-state index contributed by atoms with van der Waals surface area (Å²) in [4.78, 5) is 8.80. The highest BCUT2D eigenvalue weighted by molar-refractivity contribution is 5.41. The molecule has 0 saturated carbocycles. The van der Waals surface area contributed by atoms with Gasteiger partial charge in [0, 0.05) is 30.7 Å². The molecule has 0 bridgehead atoms. The van der Waals surface area contributed by atoms with Crippen molar-refractivity contribution in [3.05, 3.63) is 78.9 Å². The summed E-state index contributed by atoms with van der Waals surface area (Å²) in [6.07, 6.45) is 17.7. The van der Waals surface area contributed by atoms with Gasteiger partial charge in [0.15, 0.2) is 0 Å². The van der Waals surface area contributed by atoms with Crippen LogP contribution < -0.4 is 0 Å². The second kappa shape index (κ2) is 6.24. The quantitative estimate of drug-likeness (QED) is 0.684. The third-order valence-electron chi connectivity index (χ3n) is 4.50. The highest BCUT2D eigenvalue weighted by Crippen LogP contribution is 2.28. The molecule has 3 aromatic rings. The maximum absolute atomic E-state index is 4.64. The fraction of sp³-hybridized carbons (Fsp3) is 0.263. The predicted molar refractivity (Wildman–Crippen MR) is 90.6 cm³/mol. The van der Waals surface area contributed by atoms with Crippen molar-refractivity contribution >= 4 is 0 Å². The number of rotatable bonds is 4.